The molecule has 1 unspecified atom stereocenters. The van der Waals surface area contributed by atoms with Gasteiger partial charge in [-0.1, -0.05) is 18.2 Å². The maximum absolute atomic E-state index is 11.5. The predicted octanol–water partition coefficient (Wildman–Crippen LogP) is 0.754. The molecule has 1 heterocycles. The van der Waals surface area contributed by atoms with Gasteiger partial charge in [-0.05, 0) is 24.5 Å². The highest BCUT2D eigenvalue weighted by Gasteiger charge is 2.39. The molecule has 0 amide bonds. The fourth-order valence-electron chi connectivity index (χ4n) is 2.31. The lowest BCUT2D eigenvalue weighted by molar-refractivity contribution is 0.399. The molecule has 1 aromatic rings. The van der Waals surface area contributed by atoms with Crippen molar-refractivity contribution in [3.8, 4) is 5.75 Å². The van der Waals surface area contributed by atoms with Crippen LogP contribution >= 0.6 is 0 Å². The third-order valence-electron chi connectivity index (χ3n) is 3.15. The van der Waals surface area contributed by atoms with E-state index in [4.69, 9.17) is 10.5 Å². The number of para-hydroxylation sites is 1. The van der Waals surface area contributed by atoms with Crippen LogP contribution in [-0.2, 0) is 16.3 Å². The summed E-state index contributed by atoms with van der Waals surface area (Å²) in [5.41, 5.74) is 6.48. The number of hydrogen-bond donors (Lipinski definition) is 1. The largest absolute Gasteiger partial charge is 0.496 e. The Morgan fingerprint density at radius 3 is 2.71 bits per heavy atom. The first-order valence-corrected chi connectivity index (χ1v) is 7.37. The molecule has 5 heteroatoms. The van der Waals surface area contributed by atoms with Crippen LogP contribution in [0.15, 0.2) is 24.3 Å². The summed E-state index contributed by atoms with van der Waals surface area (Å²) in [7, 11) is -1.35. The number of rotatable bonds is 3. The number of methoxy groups -OCH3 is 1. The molecule has 1 aromatic carbocycles. The molecule has 0 aromatic heterocycles. The lowest BCUT2D eigenvalue weighted by Gasteiger charge is -2.23. The van der Waals surface area contributed by atoms with Crippen molar-refractivity contribution in [2.75, 3.05) is 18.6 Å². The second kappa shape index (κ2) is 4.31. The molecular weight excluding hydrogens is 238 g/mol. The van der Waals surface area contributed by atoms with Gasteiger partial charge < -0.3 is 10.5 Å². The highest BCUT2D eigenvalue weighted by Crippen LogP contribution is 2.28. The van der Waals surface area contributed by atoms with Crippen LogP contribution in [0.3, 0.4) is 0 Å². The molecular formula is C12H17NO3S. The SMILES string of the molecule is COc1ccccc1CC1(N)CCS(=O)(=O)C1. The van der Waals surface area contributed by atoms with E-state index in [0.29, 0.717) is 12.8 Å². The van der Waals surface area contributed by atoms with E-state index in [9.17, 15) is 8.42 Å². The molecule has 0 bridgehead atoms. The molecule has 1 atom stereocenters. The zero-order valence-corrected chi connectivity index (χ0v) is 10.7. The molecule has 1 saturated heterocycles. The molecule has 0 radical (unpaired) electrons. The molecule has 17 heavy (non-hydrogen) atoms. The summed E-state index contributed by atoms with van der Waals surface area (Å²) in [5, 5.41) is 0. The van der Waals surface area contributed by atoms with Crippen LogP contribution in [0.2, 0.25) is 0 Å². The molecule has 1 aliphatic rings. The number of hydrogen-bond acceptors (Lipinski definition) is 4. The quantitative estimate of drug-likeness (QED) is 0.865. The van der Waals surface area contributed by atoms with Gasteiger partial charge in [-0.15, -0.1) is 0 Å². The number of sulfone groups is 1. The van der Waals surface area contributed by atoms with Crippen molar-refractivity contribution in [2.45, 2.75) is 18.4 Å². The van der Waals surface area contributed by atoms with Gasteiger partial charge in [0.15, 0.2) is 9.84 Å². The lowest BCUT2D eigenvalue weighted by atomic mass is 9.91. The van der Waals surface area contributed by atoms with Crippen molar-refractivity contribution >= 4 is 9.84 Å². The highest BCUT2D eigenvalue weighted by atomic mass is 32.2. The fourth-order valence-corrected chi connectivity index (χ4v) is 4.29. The van der Waals surface area contributed by atoms with Crippen molar-refractivity contribution in [2.24, 2.45) is 5.73 Å². The summed E-state index contributed by atoms with van der Waals surface area (Å²) in [6.45, 7) is 0. The van der Waals surface area contributed by atoms with E-state index in [0.717, 1.165) is 11.3 Å². The minimum Gasteiger partial charge on any atom is -0.496 e. The van der Waals surface area contributed by atoms with E-state index in [1.807, 2.05) is 24.3 Å². The van der Waals surface area contributed by atoms with Gasteiger partial charge in [-0.2, -0.15) is 0 Å². The number of ether oxygens (including phenoxy) is 1. The summed E-state index contributed by atoms with van der Waals surface area (Å²) in [6, 6.07) is 7.59. The van der Waals surface area contributed by atoms with Gasteiger partial charge in [-0.3, -0.25) is 0 Å². The van der Waals surface area contributed by atoms with Crippen LogP contribution in [0, 0.1) is 0 Å². The number of nitrogens with two attached hydrogens (primary N) is 1. The van der Waals surface area contributed by atoms with Crippen LogP contribution in [0.1, 0.15) is 12.0 Å². The minimum atomic E-state index is -2.96. The summed E-state index contributed by atoms with van der Waals surface area (Å²) in [4.78, 5) is 0. The van der Waals surface area contributed by atoms with E-state index in [-0.39, 0.29) is 11.5 Å². The van der Waals surface area contributed by atoms with Crippen molar-refractivity contribution < 1.29 is 13.2 Å². The van der Waals surface area contributed by atoms with Crippen LogP contribution in [0.25, 0.3) is 0 Å². The second-order valence-corrected chi connectivity index (χ2v) is 6.88. The zero-order valence-electron chi connectivity index (χ0n) is 9.85. The summed E-state index contributed by atoms with van der Waals surface area (Å²) < 4.78 is 28.2. The van der Waals surface area contributed by atoms with E-state index < -0.39 is 15.4 Å². The Bertz CT molecular complexity index is 512. The van der Waals surface area contributed by atoms with Crippen LogP contribution in [-0.4, -0.2) is 32.6 Å². The first kappa shape index (κ1) is 12.4. The third kappa shape index (κ3) is 2.79. The highest BCUT2D eigenvalue weighted by molar-refractivity contribution is 7.91. The Labute approximate surface area is 102 Å². The van der Waals surface area contributed by atoms with Crippen molar-refractivity contribution in [1.82, 2.24) is 0 Å². The van der Waals surface area contributed by atoms with Crippen LogP contribution < -0.4 is 10.5 Å². The third-order valence-corrected chi connectivity index (χ3v) is 4.99. The van der Waals surface area contributed by atoms with Crippen LogP contribution in [0.4, 0.5) is 0 Å². The van der Waals surface area contributed by atoms with Gasteiger partial charge in [-0.25, -0.2) is 8.42 Å². The molecule has 0 spiro atoms. The van der Waals surface area contributed by atoms with Gasteiger partial charge in [0, 0.05) is 5.54 Å². The minimum absolute atomic E-state index is 0.0675. The molecule has 1 aliphatic heterocycles. The normalized spacial score (nSPS) is 26.9. The Balaban J connectivity index is 2.21. The molecule has 0 aliphatic carbocycles. The smallest absolute Gasteiger partial charge is 0.152 e. The molecule has 4 nitrogen and oxygen atoms in total. The topological polar surface area (TPSA) is 69.4 Å². The van der Waals surface area contributed by atoms with Gasteiger partial charge in [0.1, 0.15) is 5.75 Å². The maximum Gasteiger partial charge on any atom is 0.152 e. The van der Waals surface area contributed by atoms with Crippen molar-refractivity contribution in [3.05, 3.63) is 29.8 Å². The zero-order chi connectivity index (χ0) is 12.5. The maximum atomic E-state index is 11.5. The molecule has 1 fully saturated rings. The summed E-state index contributed by atoms with van der Waals surface area (Å²) >= 11 is 0. The summed E-state index contributed by atoms with van der Waals surface area (Å²) in [6.07, 6.45) is 1.06. The Morgan fingerprint density at radius 1 is 1.41 bits per heavy atom. The Morgan fingerprint density at radius 2 is 2.12 bits per heavy atom. The number of benzene rings is 1. The van der Waals surface area contributed by atoms with Gasteiger partial charge in [0.05, 0.1) is 18.6 Å². The molecule has 94 valence electrons. The van der Waals surface area contributed by atoms with Crippen LogP contribution in [0.5, 0.6) is 5.75 Å². The molecule has 2 N–H and O–H groups in total. The van der Waals surface area contributed by atoms with Gasteiger partial charge in [0.25, 0.3) is 0 Å². The summed E-state index contributed by atoms with van der Waals surface area (Å²) in [5.74, 6) is 1.03. The van der Waals surface area contributed by atoms with E-state index >= 15 is 0 Å². The molecule has 2 rings (SSSR count). The fraction of sp³-hybridized carbons (Fsp3) is 0.500. The Hall–Kier alpha value is -1.07. The van der Waals surface area contributed by atoms with E-state index in [2.05, 4.69) is 0 Å². The van der Waals surface area contributed by atoms with Gasteiger partial charge in [0.2, 0.25) is 0 Å². The van der Waals surface area contributed by atoms with E-state index in [1.54, 1.807) is 7.11 Å². The average molecular weight is 255 g/mol. The molecule has 0 saturated carbocycles. The first-order chi connectivity index (χ1) is 7.94. The lowest BCUT2D eigenvalue weighted by Crippen LogP contribution is -2.43. The standard InChI is InChI=1S/C12H17NO3S/c1-16-11-5-3-2-4-10(11)8-12(13)6-7-17(14,15)9-12/h2-5H,6-9,13H2,1H3. The monoisotopic (exact) mass is 255 g/mol. The predicted molar refractivity (Wildman–Crippen MR) is 66.9 cm³/mol. The van der Waals surface area contributed by atoms with Crippen molar-refractivity contribution in [3.63, 3.8) is 0 Å². The van der Waals surface area contributed by atoms with Crippen molar-refractivity contribution in [1.29, 1.82) is 0 Å². The second-order valence-electron chi connectivity index (χ2n) is 4.69. The van der Waals surface area contributed by atoms with E-state index in [1.165, 1.54) is 0 Å². The average Bonchev–Trinajstić information content (AvgIpc) is 2.53. The Kier molecular flexibility index (Phi) is 3.14. The van der Waals surface area contributed by atoms with Gasteiger partial charge >= 0.3 is 0 Å². The first-order valence-electron chi connectivity index (χ1n) is 5.55.